The number of aldehydes is 1. The number of carbonyl (C=O) groups excluding carboxylic acids is 1. The number of para-hydroxylation sites is 1. The predicted octanol–water partition coefficient (Wildman–Crippen LogP) is 2.35. The number of imidazole rings is 1. The third-order valence-electron chi connectivity index (χ3n) is 2.43. The van der Waals surface area contributed by atoms with Crippen molar-refractivity contribution in [1.82, 2.24) is 14.5 Å². The summed E-state index contributed by atoms with van der Waals surface area (Å²) in [6.45, 7) is 0.653. The second kappa shape index (κ2) is 4.10. The number of carbonyl (C=O) groups is 1. The summed E-state index contributed by atoms with van der Waals surface area (Å²) in [6.07, 6.45) is 4.11. The SMILES string of the molecule is O=Cc1cn(Cc2nc3ccccc3s2)cn1. The van der Waals surface area contributed by atoms with Crippen LogP contribution in [-0.2, 0) is 6.54 Å². The van der Waals surface area contributed by atoms with Crippen molar-refractivity contribution in [2.75, 3.05) is 0 Å². The number of nitrogens with zero attached hydrogens (tertiary/aromatic N) is 3. The van der Waals surface area contributed by atoms with Crippen molar-refractivity contribution < 1.29 is 4.79 Å². The lowest BCUT2D eigenvalue weighted by molar-refractivity contribution is 0.111. The first-order chi connectivity index (χ1) is 8.35. The molecule has 2 aromatic heterocycles. The van der Waals surface area contributed by atoms with Gasteiger partial charge in [-0.3, -0.25) is 4.79 Å². The van der Waals surface area contributed by atoms with Crippen molar-refractivity contribution in [2.45, 2.75) is 6.54 Å². The van der Waals surface area contributed by atoms with Crippen LogP contribution in [0.3, 0.4) is 0 Å². The molecule has 1 aromatic carbocycles. The Bertz CT molecular complexity index is 638. The molecule has 0 N–H and O–H groups in total. The first-order valence-electron chi connectivity index (χ1n) is 5.16. The summed E-state index contributed by atoms with van der Waals surface area (Å²) >= 11 is 1.66. The van der Waals surface area contributed by atoms with Crippen molar-refractivity contribution in [1.29, 1.82) is 0 Å². The number of rotatable bonds is 3. The van der Waals surface area contributed by atoms with E-state index in [1.807, 2.05) is 22.8 Å². The number of aromatic nitrogens is 3. The smallest absolute Gasteiger partial charge is 0.169 e. The van der Waals surface area contributed by atoms with Crippen LogP contribution in [0.1, 0.15) is 15.5 Å². The van der Waals surface area contributed by atoms with Gasteiger partial charge in [-0.2, -0.15) is 0 Å². The largest absolute Gasteiger partial charge is 0.330 e. The van der Waals surface area contributed by atoms with Crippen molar-refractivity contribution in [2.24, 2.45) is 0 Å². The topological polar surface area (TPSA) is 47.8 Å². The zero-order chi connectivity index (χ0) is 11.7. The number of hydrogen-bond donors (Lipinski definition) is 0. The van der Waals surface area contributed by atoms with Crippen LogP contribution in [0.25, 0.3) is 10.2 Å². The number of thiazole rings is 1. The van der Waals surface area contributed by atoms with Gasteiger partial charge in [-0.15, -0.1) is 11.3 Å². The van der Waals surface area contributed by atoms with Gasteiger partial charge in [-0.25, -0.2) is 9.97 Å². The fourth-order valence-corrected chi connectivity index (χ4v) is 2.64. The van der Waals surface area contributed by atoms with E-state index in [0.717, 1.165) is 16.8 Å². The van der Waals surface area contributed by atoms with Crippen molar-refractivity contribution >= 4 is 27.8 Å². The highest BCUT2D eigenvalue weighted by Crippen LogP contribution is 2.22. The average molecular weight is 243 g/mol. The summed E-state index contributed by atoms with van der Waals surface area (Å²) in [6, 6.07) is 8.04. The molecule has 0 saturated carbocycles. The van der Waals surface area contributed by atoms with Crippen molar-refractivity contribution in [3.8, 4) is 0 Å². The molecule has 0 spiro atoms. The Balaban J connectivity index is 1.91. The Kier molecular flexibility index (Phi) is 2.45. The molecule has 0 unspecified atom stereocenters. The molecule has 17 heavy (non-hydrogen) atoms. The molecule has 3 rings (SSSR count). The summed E-state index contributed by atoms with van der Waals surface area (Å²) in [4.78, 5) is 19.0. The molecule has 0 fully saturated rings. The standard InChI is InChI=1S/C12H9N3OS/c16-7-9-5-15(8-13-9)6-12-14-10-3-1-2-4-11(10)17-12/h1-5,7-8H,6H2. The molecule has 84 valence electrons. The maximum atomic E-state index is 10.5. The molecule has 0 aliphatic carbocycles. The van der Waals surface area contributed by atoms with E-state index in [0.29, 0.717) is 12.2 Å². The van der Waals surface area contributed by atoms with Crippen LogP contribution >= 0.6 is 11.3 Å². The zero-order valence-electron chi connectivity index (χ0n) is 8.91. The van der Waals surface area contributed by atoms with Crippen LogP contribution in [0.2, 0.25) is 0 Å². The van der Waals surface area contributed by atoms with E-state index < -0.39 is 0 Å². The van der Waals surface area contributed by atoms with Crippen LogP contribution in [0.4, 0.5) is 0 Å². The molecular formula is C12H9N3OS. The number of benzene rings is 1. The van der Waals surface area contributed by atoms with Crippen LogP contribution in [0, 0.1) is 0 Å². The van der Waals surface area contributed by atoms with Gasteiger partial charge in [-0.05, 0) is 12.1 Å². The van der Waals surface area contributed by atoms with Gasteiger partial charge < -0.3 is 4.57 Å². The Morgan fingerprint density at radius 1 is 1.35 bits per heavy atom. The third-order valence-corrected chi connectivity index (χ3v) is 3.45. The lowest BCUT2D eigenvalue weighted by Crippen LogP contribution is -1.95. The molecule has 4 nitrogen and oxygen atoms in total. The predicted molar refractivity (Wildman–Crippen MR) is 66.3 cm³/mol. The minimum atomic E-state index is 0.450. The Morgan fingerprint density at radius 3 is 3.00 bits per heavy atom. The first kappa shape index (κ1) is 10.2. The molecule has 0 atom stereocenters. The van der Waals surface area contributed by atoms with Crippen LogP contribution < -0.4 is 0 Å². The lowest BCUT2D eigenvalue weighted by atomic mass is 10.3. The van der Waals surface area contributed by atoms with E-state index in [9.17, 15) is 4.79 Å². The van der Waals surface area contributed by atoms with Crippen LogP contribution in [0.15, 0.2) is 36.8 Å². The van der Waals surface area contributed by atoms with Crippen molar-refractivity contribution in [3.63, 3.8) is 0 Å². The van der Waals surface area contributed by atoms with E-state index in [-0.39, 0.29) is 0 Å². The van der Waals surface area contributed by atoms with Crippen LogP contribution in [-0.4, -0.2) is 20.8 Å². The van der Waals surface area contributed by atoms with Gasteiger partial charge in [0.05, 0.1) is 23.1 Å². The summed E-state index contributed by atoms with van der Waals surface area (Å²) < 4.78 is 3.04. The van der Waals surface area contributed by atoms with E-state index in [4.69, 9.17) is 0 Å². The van der Waals surface area contributed by atoms with Gasteiger partial charge in [-0.1, -0.05) is 12.1 Å². The molecule has 0 bridgehead atoms. The van der Waals surface area contributed by atoms with Gasteiger partial charge in [0.2, 0.25) is 0 Å². The molecular weight excluding hydrogens is 234 g/mol. The van der Waals surface area contributed by atoms with Gasteiger partial charge in [0, 0.05) is 6.20 Å². The zero-order valence-corrected chi connectivity index (χ0v) is 9.72. The number of hydrogen-bond acceptors (Lipinski definition) is 4. The summed E-state index contributed by atoms with van der Waals surface area (Å²) in [5.74, 6) is 0. The first-order valence-corrected chi connectivity index (χ1v) is 5.98. The van der Waals surface area contributed by atoms with E-state index in [2.05, 4.69) is 16.0 Å². The fourth-order valence-electron chi connectivity index (χ4n) is 1.67. The summed E-state index contributed by atoms with van der Waals surface area (Å²) in [5.41, 5.74) is 1.47. The quantitative estimate of drug-likeness (QED) is 0.663. The molecule has 3 aromatic rings. The molecule has 5 heteroatoms. The van der Waals surface area contributed by atoms with Gasteiger partial charge >= 0.3 is 0 Å². The van der Waals surface area contributed by atoms with Crippen LogP contribution in [0.5, 0.6) is 0 Å². The normalized spacial score (nSPS) is 10.8. The minimum absolute atomic E-state index is 0.450. The lowest BCUT2D eigenvalue weighted by Gasteiger charge is -1.95. The van der Waals surface area contributed by atoms with Gasteiger partial charge in [0.1, 0.15) is 10.7 Å². The molecule has 0 aliphatic rings. The minimum Gasteiger partial charge on any atom is -0.330 e. The molecule has 0 aliphatic heterocycles. The Hall–Kier alpha value is -2.01. The second-order valence-electron chi connectivity index (χ2n) is 3.66. The van der Waals surface area contributed by atoms with Gasteiger partial charge in [0.15, 0.2) is 6.29 Å². The Morgan fingerprint density at radius 2 is 2.24 bits per heavy atom. The maximum Gasteiger partial charge on any atom is 0.169 e. The molecule has 0 saturated heterocycles. The highest BCUT2D eigenvalue weighted by Gasteiger charge is 2.04. The number of fused-ring (bicyclic) bond motifs is 1. The van der Waals surface area contributed by atoms with E-state index in [1.165, 1.54) is 4.70 Å². The Labute approximate surface area is 102 Å². The molecule has 0 radical (unpaired) electrons. The molecule has 2 heterocycles. The maximum absolute atomic E-state index is 10.5. The van der Waals surface area contributed by atoms with Crippen molar-refractivity contribution in [3.05, 3.63) is 47.5 Å². The van der Waals surface area contributed by atoms with E-state index in [1.54, 1.807) is 23.9 Å². The highest BCUT2D eigenvalue weighted by atomic mass is 32.1. The average Bonchev–Trinajstić information content (AvgIpc) is 2.94. The fraction of sp³-hybridized carbons (Fsp3) is 0.0833. The monoisotopic (exact) mass is 243 g/mol. The second-order valence-corrected chi connectivity index (χ2v) is 4.78. The highest BCUT2D eigenvalue weighted by molar-refractivity contribution is 7.18. The molecule has 0 amide bonds. The van der Waals surface area contributed by atoms with Gasteiger partial charge in [0.25, 0.3) is 0 Å². The third kappa shape index (κ3) is 1.97. The summed E-state index contributed by atoms with van der Waals surface area (Å²) in [5, 5.41) is 1.01. The van der Waals surface area contributed by atoms with E-state index >= 15 is 0 Å². The summed E-state index contributed by atoms with van der Waals surface area (Å²) in [7, 11) is 0.